The smallest absolute Gasteiger partial charge is 0.307 e. The minimum absolute atomic E-state index is 0.0220. The normalized spacial score (nSPS) is 14.8. The average molecular weight is 744 g/mol. The summed E-state index contributed by atoms with van der Waals surface area (Å²) in [6.45, 7) is 9.84. The first-order valence-corrected chi connectivity index (χ1v) is 20.3. The SMILES string of the molecule is C=NCCCCCCCCCCCCCCCC(=O)OCN1C(=O)CCc2ccc(OCCCCN3CCN(c4cccc(Cl)c4Cl)CC3)cc21. The molecular formula is C41H60Cl2N4O4. The lowest BCUT2D eigenvalue weighted by atomic mass is 10.0. The van der Waals surface area contributed by atoms with Crippen molar-refractivity contribution in [3.05, 3.63) is 52.0 Å². The number of carbonyl (C=O) groups excluding carboxylic acids is 2. The fourth-order valence-corrected chi connectivity index (χ4v) is 7.39. The standard InChI is InChI=1S/C41H60Cl2N4O4/c1-44-25-14-12-10-8-6-4-2-3-5-7-9-11-13-20-40(49)51-33-47-38-32-35(23-21-34(38)22-24-39(47)48)50-31-16-15-26-45-27-29-46(30-28-45)37-19-17-18-36(42)41(37)43/h17-19,21,23,32H,1-16,20,22,24-31,33H2. The highest BCUT2D eigenvalue weighted by Crippen LogP contribution is 2.33. The first kappa shape index (κ1) is 41.0. The Balaban J connectivity index is 1.05. The number of hydrogen-bond donors (Lipinski definition) is 0. The predicted octanol–water partition coefficient (Wildman–Crippen LogP) is 9.92. The highest BCUT2D eigenvalue weighted by molar-refractivity contribution is 6.43. The maximum Gasteiger partial charge on any atom is 0.307 e. The van der Waals surface area contributed by atoms with Gasteiger partial charge in [-0.05, 0) is 69.1 Å². The van der Waals surface area contributed by atoms with Crippen molar-refractivity contribution in [3.8, 4) is 5.75 Å². The van der Waals surface area contributed by atoms with Crippen LogP contribution in [0.5, 0.6) is 5.75 Å². The molecule has 1 amide bonds. The van der Waals surface area contributed by atoms with Gasteiger partial charge in [-0.2, -0.15) is 0 Å². The van der Waals surface area contributed by atoms with E-state index >= 15 is 0 Å². The number of halogens is 2. The van der Waals surface area contributed by atoms with Crippen LogP contribution in [-0.4, -0.2) is 76.1 Å². The van der Waals surface area contributed by atoms with E-state index < -0.39 is 0 Å². The average Bonchev–Trinajstić information content (AvgIpc) is 3.14. The van der Waals surface area contributed by atoms with E-state index in [-0.39, 0.29) is 18.6 Å². The second-order valence-electron chi connectivity index (χ2n) is 14.0. The zero-order chi connectivity index (χ0) is 36.1. The molecule has 2 aliphatic rings. The van der Waals surface area contributed by atoms with Crippen molar-refractivity contribution in [1.82, 2.24) is 4.90 Å². The van der Waals surface area contributed by atoms with Gasteiger partial charge in [0, 0.05) is 51.6 Å². The number of ether oxygens (including phenoxy) is 2. The van der Waals surface area contributed by atoms with Gasteiger partial charge in [-0.25, -0.2) is 0 Å². The molecule has 0 atom stereocenters. The molecule has 0 bridgehead atoms. The predicted molar refractivity (Wildman–Crippen MR) is 212 cm³/mol. The third-order valence-corrected chi connectivity index (χ3v) is 10.9. The van der Waals surface area contributed by atoms with Gasteiger partial charge in [0.25, 0.3) is 0 Å². The van der Waals surface area contributed by atoms with Crippen molar-refractivity contribution in [2.24, 2.45) is 4.99 Å². The van der Waals surface area contributed by atoms with E-state index in [2.05, 4.69) is 21.5 Å². The van der Waals surface area contributed by atoms with Gasteiger partial charge in [0.15, 0.2) is 6.73 Å². The quantitative estimate of drug-likeness (QED) is 0.0573. The Morgan fingerprint density at radius 3 is 2.12 bits per heavy atom. The van der Waals surface area contributed by atoms with Crippen LogP contribution in [0.25, 0.3) is 0 Å². The summed E-state index contributed by atoms with van der Waals surface area (Å²) >= 11 is 12.6. The number of aliphatic imine (C=N–C) groups is 1. The van der Waals surface area contributed by atoms with Gasteiger partial charge in [-0.1, -0.05) is 106 Å². The summed E-state index contributed by atoms with van der Waals surface area (Å²) in [5.74, 6) is 0.476. The summed E-state index contributed by atoms with van der Waals surface area (Å²) in [5.41, 5.74) is 2.87. The van der Waals surface area contributed by atoms with Crippen LogP contribution in [0.15, 0.2) is 41.4 Å². The molecule has 8 nitrogen and oxygen atoms in total. The van der Waals surface area contributed by atoms with Crippen LogP contribution in [0.3, 0.4) is 0 Å². The Labute approximate surface area is 316 Å². The maximum absolute atomic E-state index is 12.8. The van der Waals surface area contributed by atoms with Crippen LogP contribution in [0.1, 0.15) is 115 Å². The van der Waals surface area contributed by atoms with E-state index in [0.29, 0.717) is 35.9 Å². The van der Waals surface area contributed by atoms with Gasteiger partial charge < -0.3 is 19.4 Å². The fourth-order valence-electron chi connectivity index (χ4n) is 6.97. The zero-order valence-corrected chi connectivity index (χ0v) is 32.2. The monoisotopic (exact) mass is 742 g/mol. The Kier molecular flexibility index (Phi) is 19.0. The van der Waals surface area contributed by atoms with Crippen molar-refractivity contribution >= 4 is 53.2 Å². The first-order chi connectivity index (χ1) is 25.0. The molecule has 0 saturated carbocycles. The molecule has 2 aromatic rings. The van der Waals surface area contributed by atoms with E-state index in [9.17, 15) is 9.59 Å². The lowest BCUT2D eigenvalue weighted by Gasteiger charge is -2.36. The molecule has 0 aliphatic carbocycles. The number of esters is 1. The lowest BCUT2D eigenvalue weighted by Crippen LogP contribution is -2.46. The highest BCUT2D eigenvalue weighted by atomic mass is 35.5. The number of rotatable bonds is 25. The molecule has 1 saturated heterocycles. The highest BCUT2D eigenvalue weighted by Gasteiger charge is 2.26. The van der Waals surface area contributed by atoms with E-state index in [1.54, 1.807) is 4.90 Å². The van der Waals surface area contributed by atoms with Crippen LogP contribution >= 0.6 is 23.2 Å². The molecule has 10 heteroatoms. The Hall–Kier alpha value is -2.81. The number of piperazine rings is 1. The maximum atomic E-state index is 12.8. The van der Waals surface area contributed by atoms with Crippen LogP contribution < -0.4 is 14.5 Å². The van der Waals surface area contributed by atoms with Crippen LogP contribution in [0, 0.1) is 0 Å². The molecule has 0 aromatic heterocycles. The molecule has 2 aromatic carbocycles. The van der Waals surface area contributed by atoms with Gasteiger partial charge in [-0.15, -0.1) is 0 Å². The van der Waals surface area contributed by atoms with Crippen molar-refractivity contribution < 1.29 is 19.1 Å². The van der Waals surface area contributed by atoms with Crippen LogP contribution in [-0.2, 0) is 20.7 Å². The molecule has 0 radical (unpaired) electrons. The minimum Gasteiger partial charge on any atom is -0.494 e. The van der Waals surface area contributed by atoms with Gasteiger partial charge in [0.1, 0.15) is 5.75 Å². The van der Waals surface area contributed by atoms with E-state index in [1.165, 1.54) is 64.2 Å². The van der Waals surface area contributed by atoms with Gasteiger partial charge in [-0.3, -0.25) is 19.4 Å². The zero-order valence-electron chi connectivity index (χ0n) is 30.7. The van der Waals surface area contributed by atoms with Gasteiger partial charge >= 0.3 is 5.97 Å². The van der Waals surface area contributed by atoms with Gasteiger partial charge in [0.05, 0.1) is 28.0 Å². The van der Waals surface area contributed by atoms with Crippen LogP contribution in [0.2, 0.25) is 10.0 Å². The number of anilines is 2. The largest absolute Gasteiger partial charge is 0.494 e. The molecule has 2 aliphatic heterocycles. The summed E-state index contributed by atoms with van der Waals surface area (Å²) in [4.78, 5) is 35.7. The molecule has 4 rings (SSSR count). The molecular weight excluding hydrogens is 683 g/mol. The minimum atomic E-state index is -0.238. The third kappa shape index (κ3) is 14.6. The number of aryl methyl sites for hydroxylation is 1. The third-order valence-electron chi connectivity index (χ3n) is 10.1. The Morgan fingerprint density at radius 2 is 1.43 bits per heavy atom. The van der Waals surface area contributed by atoms with Crippen LogP contribution in [0.4, 0.5) is 11.4 Å². The van der Waals surface area contributed by atoms with Crippen molar-refractivity contribution in [1.29, 1.82) is 0 Å². The second kappa shape index (κ2) is 23.7. The molecule has 0 N–H and O–H groups in total. The molecule has 1 fully saturated rings. The van der Waals surface area contributed by atoms with Crippen molar-refractivity contribution in [2.75, 3.05) is 62.4 Å². The summed E-state index contributed by atoms with van der Waals surface area (Å²) in [5, 5.41) is 1.22. The number of nitrogens with zero attached hydrogens (tertiary/aromatic N) is 4. The molecule has 0 spiro atoms. The first-order valence-electron chi connectivity index (χ1n) is 19.5. The summed E-state index contributed by atoms with van der Waals surface area (Å²) in [6, 6.07) is 11.7. The Bertz CT molecular complexity index is 1350. The molecule has 282 valence electrons. The number of benzene rings is 2. The van der Waals surface area contributed by atoms with E-state index in [1.807, 2.05) is 36.4 Å². The fraction of sp³-hybridized carbons (Fsp3) is 0.634. The number of amides is 1. The number of unbranched alkanes of at least 4 members (excludes halogenated alkanes) is 13. The number of hydrogen-bond acceptors (Lipinski definition) is 7. The Morgan fingerprint density at radius 1 is 0.765 bits per heavy atom. The van der Waals surface area contributed by atoms with Crippen molar-refractivity contribution in [3.63, 3.8) is 0 Å². The van der Waals surface area contributed by atoms with E-state index in [4.69, 9.17) is 32.7 Å². The second-order valence-corrected chi connectivity index (χ2v) is 14.8. The summed E-state index contributed by atoms with van der Waals surface area (Å²) < 4.78 is 11.7. The van der Waals surface area contributed by atoms with Gasteiger partial charge in [0.2, 0.25) is 5.91 Å². The number of carbonyl (C=O) groups is 2. The molecule has 51 heavy (non-hydrogen) atoms. The lowest BCUT2D eigenvalue weighted by molar-refractivity contribution is -0.144. The van der Waals surface area contributed by atoms with Crippen molar-refractivity contribution in [2.45, 2.75) is 116 Å². The molecule has 2 heterocycles. The molecule has 0 unspecified atom stereocenters. The number of fused-ring (bicyclic) bond motifs is 1. The van der Waals surface area contributed by atoms with E-state index in [0.717, 1.165) is 94.1 Å². The topological polar surface area (TPSA) is 74.7 Å². The summed E-state index contributed by atoms with van der Waals surface area (Å²) in [7, 11) is 0. The summed E-state index contributed by atoms with van der Waals surface area (Å²) in [6.07, 6.45) is 19.4.